The smallest absolute Gasteiger partial charge is 0.258 e. The van der Waals surface area contributed by atoms with Crippen LogP contribution < -0.4 is 5.43 Å². The van der Waals surface area contributed by atoms with E-state index in [2.05, 4.69) is 36.3 Å². The molecule has 0 bridgehead atoms. The molecule has 132 valence electrons. The minimum Gasteiger partial charge on any atom is -0.258 e. The highest BCUT2D eigenvalue weighted by Gasteiger charge is 2.29. The zero-order chi connectivity index (χ0) is 18.0. The standard InChI is InChI=1S/C18H22N4O2S/c1-12-8-14(10-18(2,3)9-12)20-21-17-19-16(11-25-17)13-4-6-15(7-5-13)22(23)24/h4-7,11-12H,8-10H2,1-3H3,(H,19,21)/b20-14-/t12-/m1/s1. The van der Waals surface area contributed by atoms with Crippen molar-refractivity contribution in [2.75, 3.05) is 5.43 Å². The van der Waals surface area contributed by atoms with Gasteiger partial charge in [0.1, 0.15) is 0 Å². The van der Waals surface area contributed by atoms with Gasteiger partial charge in [-0.2, -0.15) is 5.10 Å². The van der Waals surface area contributed by atoms with Gasteiger partial charge >= 0.3 is 0 Å². The number of benzene rings is 1. The van der Waals surface area contributed by atoms with Gasteiger partial charge < -0.3 is 0 Å². The number of hydrazone groups is 1. The van der Waals surface area contributed by atoms with Gasteiger partial charge in [-0.15, -0.1) is 11.3 Å². The number of nitro benzene ring substituents is 1. The maximum atomic E-state index is 10.7. The number of hydrogen-bond acceptors (Lipinski definition) is 6. The molecule has 1 aliphatic rings. The lowest BCUT2D eigenvalue weighted by Gasteiger charge is -2.34. The third-order valence-corrected chi connectivity index (χ3v) is 5.10. The molecule has 0 aliphatic heterocycles. The molecule has 25 heavy (non-hydrogen) atoms. The van der Waals surface area contributed by atoms with Crippen molar-refractivity contribution in [2.24, 2.45) is 16.4 Å². The van der Waals surface area contributed by atoms with Crippen molar-refractivity contribution in [3.05, 3.63) is 39.8 Å². The fourth-order valence-corrected chi connectivity index (χ4v) is 4.20. The summed E-state index contributed by atoms with van der Waals surface area (Å²) in [4.78, 5) is 14.8. The van der Waals surface area contributed by atoms with Gasteiger partial charge in [-0.3, -0.25) is 15.5 Å². The Morgan fingerprint density at radius 3 is 2.72 bits per heavy atom. The van der Waals surface area contributed by atoms with E-state index in [4.69, 9.17) is 0 Å². The molecule has 1 aromatic carbocycles. The Kier molecular flexibility index (Phi) is 4.85. The molecule has 2 aromatic rings. The van der Waals surface area contributed by atoms with Gasteiger partial charge in [-0.25, -0.2) is 4.98 Å². The first-order valence-corrected chi connectivity index (χ1v) is 9.22. The van der Waals surface area contributed by atoms with Crippen LogP contribution in [-0.2, 0) is 0 Å². The fourth-order valence-electron chi connectivity index (χ4n) is 3.54. The zero-order valence-corrected chi connectivity index (χ0v) is 15.5. The van der Waals surface area contributed by atoms with Gasteiger partial charge in [0.05, 0.1) is 10.6 Å². The average Bonchev–Trinajstić information content (AvgIpc) is 3.00. The first-order chi connectivity index (χ1) is 11.8. The van der Waals surface area contributed by atoms with Crippen molar-refractivity contribution in [1.29, 1.82) is 0 Å². The topological polar surface area (TPSA) is 80.4 Å². The molecule has 1 atom stereocenters. The van der Waals surface area contributed by atoms with Crippen LogP contribution in [0.2, 0.25) is 0 Å². The van der Waals surface area contributed by atoms with E-state index >= 15 is 0 Å². The van der Waals surface area contributed by atoms with Crippen molar-refractivity contribution >= 4 is 27.9 Å². The number of nitro groups is 1. The number of aromatic nitrogens is 1. The number of hydrogen-bond donors (Lipinski definition) is 1. The molecule has 0 amide bonds. The summed E-state index contributed by atoms with van der Waals surface area (Å²) in [6, 6.07) is 6.42. The average molecular weight is 358 g/mol. The number of nitrogens with zero attached hydrogens (tertiary/aromatic N) is 3. The van der Waals surface area contributed by atoms with Crippen LogP contribution >= 0.6 is 11.3 Å². The Labute approximate surface area is 151 Å². The van der Waals surface area contributed by atoms with Gasteiger partial charge in [0.2, 0.25) is 5.13 Å². The van der Waals surface area contributed by atoms with Gasteiger partial charge in [-0.05, 0) is 42.7 Å². The molecular formula is C18H22N4O2S. The van der Waals surface area contributed by atoms with Crippen molar-refractivity contribution < 1.29 is 4.92 Å². The van der Waals surface area contributed by atoms with Gasteiger partial charge in [0.25, 0.3) is 5.69 Å². The minimum absolute atomic E-state index is 0.0813. The van der Waals surface area contributed by atoms with E-state index in [9.17, 15) is 10.1 Å². The quantitative estimate of drug-likeness (QED) is 0.591. The van der Waals surface area contributed by atoms with Crippen LogP contribution in [0.15, 0.2) is 34.7 Å². The molecular weight excluding hydrogens is 336 g/mol. The molecule has 1 aromatic heterocycles. The molecule has 1 saturated carbocycles. The number of anilines is 1. The molecule has 0 unspecified atom stereocenters. The van der Waals surface area contributed by atoms with Crippen LogP contribution in [0, 0.1) is 21.4 Å². The molecule has 1 fully saturated rings. The SMILES string of the molecule is C[C@@H]1C/C(=N/Nc2nc(-c3ccc([N+](=O)[O-])cc3)cs2)CC(C)(C)C1. The van der Waals surface area contributed by atoms with E-state index in [1.54, 1.807) is 12.1 Å². The third-order valence-electron chi connectivity index (χ3n) is 4.36. The number of nitrogens with one attached hydrogen (secondary N) is 1. The predicted molar refractivity (Wildman–Crippen MR) is 102 cm³/mol. The minimum atomic E-state index is -0.402. The van der Waals surface area contributed by atoms with E-state index in [1.165, 1.54) is 35.6 Å². The maximum absolute atomic E-state index is 10.7. The summed E-state index contributed by atoms with van der Waals surface area (Å²) in [5.74, 6) is 0.649. The molecule has 6 nitrogen and oxygen atoms in total. The molecule has 1 heterocycles. The highest BCUT2D eigenvalue weighted by molar-refractivity contribution is 7.14. The third kappa shape index (κ3) is 4.42. The lowest BCUT2D eigenvalue weighted by atomic mass is 9.72. The molecule has 0 radical (unpaired) electrons. The van der Waals surface area contributed by atoms with E-state index in [0.717, 1.165) is 29.2 Å². The second kappa shape index (κ2) is 6.92. The second-order valence-electron chi connectivity index (χ2n) is 7.49. The second-order valence-corrected chi connectivity index (χ2v) is 8.34. The summed E-state index contributed by atoms with van der Waals surface area (Å²) in [7, 11) is 0. The van der Waals surface area contributed by atoms with Crippen molar-refractivity contribution in [2.45, 2.75) is 40.0 Å². The molecule has 7 heteroatoms. The number of non-ortho nitro benzene ring substituents is 1. The van der Waals surface area contributed by atoms with E-state index in [-0.39, 0.29) is 5.69 Å². The molecule has 0 saturated heterocycles. The largest absolute Gasteiger partial charge is 0.269 e. The Bertz CT molecular complexity index is 796. The van der Waals surface area contributed by atoms with Crippen LogP contribution in [0.25, 0.3) is 11.3 Å². The number of thiazole rings is 1. The summed E-state index contributed by atoms with van der Waals surface area (Å²) in [5.41, 5.74) is 6.30. The Hall–Kier alpha value is -2.28. The van der Waals surface area contributed by atoms with Crippen LogP contribution in [0.5, 0.6) is 0 Å². The first-order valence-electron chi connectivity index (χ1n) is 8.34. The summed E-state index contributed by atoms with van der Waals surface area (Å²) in [6.45, 7) is 6.84. The van der Waals surface area contributed by atoms with E-state index < -0.39 is 4.92 Å². The van der Waals surface area contributed by atoms with Crippen LogP contribution in [-0.4, -0.2) is 15.6 Å². The Balaban J connectivity index is 1.69. The summed E-state index contributed by atoms with van der Waals surface area (Å²) in [6.07, 6.45) is 3.26. The number of rotatable bonds is 4. The van der Waals surface area contributed by atoms with Crippen molar-refractivity contribution in [1.82, 2.24) is 4.98 Å². The van der Waals surface area contributed by atoms with Crippen LogP contribution in [0.4, 0.5) is 10.8 Å². The van der Waals surface area contributed by atoms with Crippen molar-refractivity contribution in [3.63, 3.8) is 0 Å². The van der Waals surface area contributed by atoms with E-state index in [1.807, 2.05) is 5.38 Å². The molecule has 0 spiro atoms. The van der Waals surface area contributed by atoms with Crippen LogP contribution in [0.3, 0.4) is 0 Å². The van der Waals surface area contributed by atoms with Crippen molar-refractivity contribution in [3.8, 4) is 11.3 Å². The summed E-state index contributed by atoms with van der Waals surface area (Å²) in [5, 5.41) is 18.0. The lowest BCUT2D eigenvalue weighted by molar-refractivity contribution is -0.384. The maximum Gasteiger partial charge on any atom is 0.269 e. The highest BCUT2D eigenvalue weighted by atomic mass is 32.1. The fraction of sp³-hybridized carbons (Fsp3) is 0.444. The Morgan fingerprint density at radius 2 is 2.08 bits per heavy atom. The predicted octanol–water partition coefficient (Wildman–Crippen LogP) is 5.33. The molecule has 1 N–H and O–H groups in total. The lowest BCUT2D eigenvalue weighted by Crippen LogP contribution is -2.28. The normalized spacial score (nSPS) is 21.2. The molecule has 3 rings (SSSR count). The zero-order valence-electron chi connectivity index (χ0n) is 14.7. The monoisotopic (exact) mass is 358 g/mol. The summed E-state index contributed by atoms with van der Waals surface area (Å²) >= 11 is 1.48. The van der Waals surface area contributed by atoms with Gasteiger partial charge in [-0.1, -0.05) is 20.8 Å². The van der Waals surface area contributed by atoms with E-state index in [0.29, 0.717) is 11.3 Å². The Morgan fingerprint density at radius 1 is 1.36 bits per heavy atom. The highest BCUT2D eigenvalue weighted by Crippen LogP contribution is 2.37. The van der Waals surface area contributed by atoms with Gasteiger partial charge in [0, 0.05) is 28.8 Å². The van der Waals surface area contributed by atoms with Crippen LogP contribution in [0.1, 0.15) is 40.0 Å². The molecule has 1 aliphatic carbocycles. The first kappa shape index (κ1) is 17.5. The van der Waals surface area contributed by atoms with Gasteiger partial charge in [0.15, 0.2) is 0 Å². The summed E-state index contributed by atoms with van der Waals surface area (Å²) < 4.78 is 0.